The first kappa shape index (κ1) is 16.7. The molecule has 3 aromatic rings. The lowest BCUT2D eigenvalue weighted by Gasteiger charge is -2.07. The average molecular weight is 363 g/mol. The number of hydrogen-bond acceptors (Lipinski definition) is 3. The van der Waals surface area contributed by atoms with E-state index in [2.05, 4.69) is 15.4 Å². The minimum Gasteiger partial charge on any atom is -0.325 e. The maximum atomic E-state index is 12.2. The average Bonchev–Trinajstić information content (AvgIpc) is 2.83. The van der Waals surface area contributed by atoms with Crippen LogP contribution in [0.3, 0.4) is 0 Å². The summed E-state index contributed by atoms with van der Waals surface area (Å²) in [7, 11) is 1.84. The first-order valence-electron chi connectivity index (χ1n) is 7.48. The van der Waals surface area contributed by atoms with Gasteiger partial charge in [-0.25, -0.2) is 4.98 Å². The summed E-state index contributed by atoms with van der Waals surface area (Å²) in [4.78, 5) is 16.5. The number of fused-ring (bicyclic) bond motifs is 1. The van der Waals surface area contributed by atoms with Gasteiger partial charge in [-0.15, -0.1) is 0 Å². The van der Waals surface area contributed by atoms with Gasteiger partial charge in [0.05, 0.1) is 27.6 Å². The van der Waals surface area contributed by atoms with E-state index in [0.29, 0.717) is 28.6 Å². The Hall–Kier alpha value is -2.11. The van der Waals surface area contributed by atoms with Crippen molar-refractivity contribution in [3.05, 3.63) is 51.8 Å². The van der Waals surface area contributed by atoms with Crippen molar-refractivity contribution in [3.63, 3.8) is 0 Å². The molecule has 0 atom stereocenters. The molecule has 0 bridgehead atoms. The number of rotatable bonds is 4. The molecule has 0 saturated heterocycles. The lowest BCUT2D eigenvalue weighted by Crippen LogP contribution is -2.12. The molecule has 7 heteroatoms. The Morgan fingerprint density at radius 3 is 2.92 bits per heavy atom. The largest absolute Gasteiger partial charge is 0.325 e. The van der Waals surface area contributed by atoms with E-state index in [0.717, 1.165) is 22.3 Å². The predicted octanol–water partition coefficient (Wildman–Crippen LogP) is 4.15. The van der Waals surface area contributed by atoms with Crippen molar-refractivity contribution in [1.82, 2.24) is 14.8 Å². The van der Waals surface area contributed by atoms with Crippen LogP contribution < -0.4 is 5.32 Å². The van der Waals surface area contributed by atoms with Crippen molar-refractivity contribution in [3.8, 4) is 0 Å². The molecule has 2 aromatic heterocycles. The molecule has 124 valence electrons. The van der Waals surface area contributed by atoms with Crippen molar-refractivity contribution in [1.29, 1.82) is 0 Å². The maximum Gasteiger partial charge on any atom is 0.224 e. The molecular weight excluding hydrogens is 347 g/mol. The smallest absolute Gasteiger partial charge is 0.224 e. The molecule has 0 unspecified atom stereocenters. The minimum atomic E-state index is -0.103. The number of benzene rings is 1. The van der Waals surface area contributed by atoms with E-state index in [1.54, 1.807) is 16.9 Å². The summed E-state index contributed by atoms with van der Waals surface area (Å²) in [5.41, 5.74) is 3.18. The molecule has 0 aliphatic rings. The van der Waals surface area contributed by atoms with Crippen molar-refractivity contribution >= 4 is 45.8 Å². The van der Waals surface area contributed by atoms with E-state index in [4.69, 9.17) is 23.2 Å². The van der Waals surface area contributed by atoms with E-state index in [-0.39, 0.29) is 5.91 Å². The third-order valence-electron chi connectivity index (χ3n) is 3.80. The first-order chi connectivity index (χ1) is 11.5. The third kappa shape index (κ3) is 3.37. The molecular formula is C17H16Cl2N4O. The van der Waals surface area contributed by atoms with Gasteiger partial charge in [-0.1, -0.05) is 35.3 Å². The van der Waals surface area contributed by atoms with Gasteiger partial charge in [-0.3, -0.25) is 9.48 Å². The molecule has 0 spiro atoms. The molecule has 0 aliphatic heterocycles. The predicted molar refractivity (Wildman–Crippen MR) is 96.7 cm³/mol. The fourth-order valence-corrected chi connectivity index (χ4v) is 3.00. The van der Waals surface area contributed by atoms with Gasteiger partial charge in [0.2, 0.25) is 5.91 Å². The summed E-state index contributed by atoms with van der Waals surface area (Å²) < 4.78 is 1.72. The topological polar surface area (TPSA) is 59.8 Å². The van der Waals surface area contributed by atoms with Crippen molar-refractivity contribution in [2.75, 3.05) is 5.32 Å². The van der Waals surface area contributed by atoms with Crippen LogP contribution in [0, 0.1) is 6.92 Å². The molecule has 2 heterocycles. The van der Waals surface area contributed by atoms with Crippen LogP contribution in [0.4, 0.5) is 5.69 Å². The van der Waals surface area contributed by atoms with Gasteiger partial charge in [0.1, 0.15) is 0 Å². The number of carbonyl (C=O) groups excluding carboxylic acids is 1. The summed E-state index contributed by atoms with van der Waals surface area (Å²) in [5, 5.41) is 9.10. The SMILES string of the molecule is Cc1nn(C)c2ncc(NC(=O)CCc3cccc(Cl)c3Cl)cc12. The summed E-state index contributed by atoms with van der Waals surface area (Å²) >= 11 is 12.1. The molecule has 0 saturated carbocycles. The monoisotopic (exact) mass is 362 g/mol. The van der Waals surface area contributed by atoms with Crippen LogP contribution in [-0.2, 0) is 18.3 Å². The van der Waals surface area contributed by atoms with Gasteiger partial charge in [0.25, 0.3) is 0 Å². The van der Waals surface area contributed by atoms with Gasteiger partial charge < -0.3 is 5.32 Å². The number of halogens is 2. The molecule has 1 aromatic carbocycles. The van der Waals surface area contributed by atoms with Crippen LogP contribution in [0.2, 0.25) is 10.0 Å². The van der Waals surface area contributed by atoms with Crippen LogP contribution in [-0.4, -0.2) is 20.7 Å². The van der Waals surface area contributed by atoms with E-state index in [9.17, 15) is 4.79 Å². The quantitative estimate of drug-likeness (QED) is 0.757. The number of amides is 1. The zero-order chi connectivity index (χ0) is 17.3. The Morgan fingerprint density at radius 2 is 2.12 bits per heavy atom. The molecule has 0 aliphatic carbocycles. The number of aromatic nitrogens is 3. The minimum absolute atomic E-state index is 0.103. The lowest BCUT2D eigenvalue weighted by molar-refractivity contribution is -0.116. The summed E-state index contributed by atoms with van der Waals surface area (Å²) in [6.45, 7) is 1.91. The standard InChI is InChI=1S/C17H16Cl2N4O/c1-10-13-8-12(9-20-17(13)23(2)22-10)21-15(24)7-6-11-4-3-5-14(18)16(11)19/h3-5,8-9H,6-7H2,1-2H3,(H,21,24). The zero-order valence-electron chi connectivity index (χ0n) is 13.3. The number of aryl methyl sites for hydroxylation is 3. The van der Waals surface area contributed by atoms with Crippen LogP contribution in [0.15, 0.2) is 30.5 Å². The highest BCUT2D eigenvalue weighted by Gasteiger charge is 2.10. The first-order valence-corrected chi connectivity index (χ1v) is 8.23. The molecule has 5 nitrogen and oxygen atoms in total. The van der Waals surface area contributed by atoms with Gasteiger partial charge in [0, 0.05) is 18.9 Å². The third-order valence-corrected chi connectivity index (χ3v) is 4.66. The van der Waals surface area contributed by atoms with E-state index >= 15 is 0 Å². The molecule has 24 heavy (non-hydrogen) atoms. The molecule has 1 amide bonds. The normalized spacial score (nSPS) is 11.0. The Morgan fingerprint density at radius 1 is 1.33 bits per heavy atom. The van der Waals surface area contributed by atoms with Gasteiger partial charge in [-0.2, -0.15) is 5.10 Å². The molecule has 0 radical (unpaired) electrons. The van der Waals surface area contributed by atoms with Crippen molar-refractivity contribution in [2.45, 2.75) is 19.8 Å². The number of hydrogen-bond donors (Lipinski definition) is 1. The van der Waals surface area contributed by atoms with Crippen LogP contribution in [0.5, 0.6) is 0 Å². The van der Waals surface area contributed by atoms with Crippen LogP contribution >= 0.6 is 23.2 Å². The van der Waals surface area contributed by atoms with Gasteiger partial charge in [-0.05, 0) is 31.0 Å². The van der Waals surface area contributed by atoms with Crippen molar-refractivity contribution in [2.24, 2.45) is 7.05 Å². The molecule has 0 fully saturated rings. The second kappa shape index (κ2) is 6.79. The zero-order valence-corrected chi connectivity index (χ0v) is 14.8. The van der Waals surface area contributed by atoms with Crippen LogP contribution in [0.25, 0.3) is 11.0 Å². The summed E-state index contributed by atoms with van der Waals surface area (Å²) in [6.07, 6.45) is 2.46. The number of anilines is 1. The van der Waals surface area contributed by atoms with E-state index in [1.807, 2.05) is 32.2 Å². The Kier molecular flexibility index (Phi) is 4.73. The van der Waals surface area contributed by atoms with E-state index in [1.165, 1.54) is 0 Å². The Bertz CT molecular complexity index is 920. The summed E-state index contributed by atoms with van der Waals surface area (Å²) in [5.74, 6) is -0.103. The molecule has 1 N–H and O–H groups in total. The number of carbonyl (C=O) groups is 1. The summed E-state index contributed by atoms with van der Waals surface area (Å²) in [6, 6.07) is 7.30. The van der Waals surface area contributed by atoms with Gasteiger partial charge >= 0.3 is 0 Å². The van der Waals surface area contributed by atoms with E-state index < -0.39 is 0 Å². The highest BCUT2D eigenvalue weighted by Crippen LogP contribution is 2.26. The van der Waals surface area contributed by atoms with Crippen LogP contribution in [0.1, 0.15) is 17.7 Å². The van der Waals surface area contributed by atoms with Gasteiger partial charge in [0.15, 0.2) is 5.65 Å². The highest BCUT2D eigenvalue weighted by atomic mass is 35.5. The fraction of sp³-hybridized carbons (Fsp3) is 0.235. The Labute approximate surface area is 149 Å². The number of pyridine rings is 1. The fourth-order valence-electron chi connectivity index (χ4n) is 2.59. The maximum absolute atomic E-state index is 12.2. The number of nitrogens with one attached hydrogen (secondary N) is 1. The number of nitrogens with zero attached hydrogens (tertiary/aromatic N) is 3. The lowest BCUT2D eigenvalue weighted by atomic mass is 10.1. The van der Waals surface area contributed by atoms with Crippen molar-refractivity contribution < 1.29 is 4.79 Å². The Balaban J connectivity index is 1.69. The second-order valence-electron chi connectivity index (χ2n) is 5.57. The molecule has 3 rings (SSSR count). The second-order valence-corrected chi connectivity index (χ2v) is 6.35. The highest BCUT2D eigenvalue weighted by molar-refractivity contribution is 6.42.